The summed E-state index contributed by atoms with van der Waals surface area (Å²) in [5.74, 6) is 0. The Kier molecular flexibility index (Phi) is 6.55. The Bertz CT molecular complexity index is 3130. The van der Waals surface area contributed by atoms with Crippen LogP contribution >= 0.6 is 0 Å². The molecule has 0 spiro atoms. The third-order valence-corrected chi connectivity index (χ3v) is 10.8. The Balaban J connectivity index is 1.31. The topological polar surface area (TPSA) is 14.8 Å². The first kappa shape index (κ1) is 29.6. The molecule has 0 radical (unpaired) electrons. The van der Waals surface area contributed by atoms with E-state index in [1.165, 1.54) is 76.9 Å². The molecule has 0 unspecified atom stereocenters. The largest absolute Gasteiger partial charge is 0.309 e. The molecule has 0 atom stereocenters. The van der Waals surface area contributed by atoms with Crippen molar-refractivity contribution in [2.45, 2.75) is 0 Å². The van der Waals surface area contributed by atoms with Gasteiger partial charge in [0.2, 0.25) is 0 Å². The van der Waals surface area contributed by atoms with Crippen molar-refractivity contribution in [2.75, 3.05) is 0 Å². The summed E-state index contributed by atoms with van der Waals surface area (Å²) in [6, 6.07) is 72.7. The lowest BCUT2D eigenvalue weighted by Crippen LogP contribution is -1.98. The first-order valence-electron chi connectivity index (χ1n) is 18.2. The highest BCUT2D eigenvalue weighted by Gasteiger charge is 2.25. The predicted octanol–water partition coefficient (Wildman–Crippen LogP) is 13.2. The van der Waals surface area contributed by atoms with E-state index in [9.17, 15) is 0 Å². The summed E-state index contributed by atoms with van der Waals surface area (Å²) in [5, 5.41) is 6.16. The lowest BCUT2D eigenvalue weighted by Gasteiger charge is -2.14. The zero-order valence-corrected chi connectivity index (χ0v) is 28.9. The Morgan fingerprint density at radius 1 is 0.245 bits per heavy atom. The van der Waals surface area contributed by atoms with Crippen LogP contribution in [-0.4, -0.2) is 13.7 Å². The van der Waals surface area contributed by atoms with Gasteiger partial charge in [-0.25, -0.2) is 0 Å². The zero-order valence-electron chi connectivity index (χ0n) is 28.9. The third-order valence-electron chi connectivity index (χ3n) is 10.8. The molecule has 0 fully saturated rings. The molecule has 3 aromatic heterocycles. The number of fused-ring (bicyclic) bond motifs is 7. The van der Waals surface area contributed by atoms with Crippen LogP contribution in [0.15, 0.2) is 200 Å². The van der Waals surface area contributed by atoms with Crippen molar-refractivity contribution in [3.05, 3.63) is 200 Å². The average Bonchev–Trinajstić information content (AvgIpc) is 3.86. The monoisotopic (exact) mass is 675 g/mol. The molecule has 0 saturated heterocycles. The molecular formula is C50H33N3. The van der Waals surface area contributed by atoms with Gasteiger partial charge in [0.15, 0.2) is 0 Å². The van der Waals surface area contributed by atoms with E-state index in [2.05, 4.69) is 214 Å². The number of para-hydroxylation sites is 4. The second-order valence-corrected chi connectivity index (χ2v) is 13.8. The van der Waals surface area contributed by atoms with E-state index in [0.29, 0.717) is 0 Å². The van der Waals surface area contributed by atoms with Gasteiger partial charge in [0.25, 0.3) is 0 Å². The molecule has 3 heterocycles. The molecule has 0 aliphatic carbocycles. The lowest BCUT2D eigenvalue weighted by molar-refractivity contribution is 1.13. The minimum atomic E-state index is 1.13. The van der Waals surface area contributed by atoms with Crippen molar-refractivity contribution < 1.29 is 0 Å². The Morgan fingerprint density at radius 3 is 1.28 bits per heavy atom. The average molecular weight is 676 g/mol. The van der Waals surface area contributed by atoms with Crippen LogP contribution in [0, 0.1) is 0 Å². The molecule has 3 heteroatoms. The number of nitrogens with zero attached hydrogens (tertiary/aromatic N) is 3. The van der Waals surface area contributed by atoms with Crippen LogP contribution < -0.4 is 0 Å². The molecular weight excluding hydrogens is 643 g/mol. The van der Waals surface area contributed by atoms with Crippen molar-refractivity contribution >= 4 is 54.5 Å². The molecule has 0 aliphatic rings. The van der Waals surface area contributed by atoms with Crippen LogP contribution in [0.1, 0.15) is 0 Å². The number of rotatable bonds is 5. The predicted molar refractivity (Wildman–Crippen MR) is 223 cm³/mol. The van der Waals surface area contributed by atoms with Gasteiger partial charge >= 0.3 is 0 Å². The van der Waals surface area contributed by atoms with Gasteiger partial charge in [0, 0.05) is 49.6 Å². The van der Waals surface area contributed by atoms with Gasteiger partial charge in [0.05, 0.1) is 33.3 Å². The molecule has 11 aromatic rings. The van der Waals surface area contributed by atoms with Crippen LogP contribution in [0.2, 0.25) is 0 Å². The summed E-state index contributed by atoms with van der Waals surface area (Å²) in [5.41, 5.74) is 14.2. The van der Waals surface area contributed by atoms with Crippen LogP contribution in [0.5, 0.6) is 0 Å². The third kappa shape index (κ3) is 4.47. The zero-order chi connectivity index (χ0) is 34.9. The summed E-state index contributed by atoms with van der Waals surface area (Å²) >= 11 is 0. The Labute approximate surface area is 306 Å². The number of hydrogen-bond donors (Lipinski definition) is 0. The first-order chi connectivity index (χ1) is 26.3. The molecule has 248 valence electrons. The lowest BCUT2D eigenvalue weighted by atomic mass is 9.97. The van der Waals surface area contributed by atoms with E-state index in [-0.39, 0.29) is 0 Å². The Hall–Kier alpha value is -7.10. The second kappa shape index (κ2) is 11.7. The quantitative estimate of drug-likeness (QED) is 0.172. The molecule has 8 aromatic carbocycles. The minimum absolute atomic E-state index is 1.13. The molecule has 11 rings (SSSR count). The van der Waals surface area contributed by atoms with Crippen LogP contribution in [0.4, 0.5) is 0 Å². The summed E-state index contributed by atoms with van der Waals surface area (Å²) < 4.78 is 7.32. The van der Waals surface area contributed by atoms with E-state index in [1.54, 1.807) is 0 Å². The van der Waals surface area contributed by atoms with Crippen molar-refractivity contribution in [3.63, 3.8) is 0 Å². The molecule has 0 bridgehead atoms. The molecule has 3 nitrogen and oxygen atoms in total. The molecule has 0 saturated carbocycles. The number of aromatic nitrogens is 3. The minimum Gasteiger partial charge on any atom is -0.309 e. The van der Waals surface area contributed by atoms with Gasteiger partial charge in [0.1, 0.15) is 0 Å². The van der Waals surface area contributed by atoms with E-state index >= 15 is 0 Å². The summed E-state index contributed by atoms with van der Waals surface area (Å²) in [6.07, 6.45) is 0. The van der Waals surface area contributed by atoms with Crippen LogP contribution in [0.3, 0.4) is 0 Å². The normalized spacial score (nSPS) is 11.8. The molecule has 0 N–H and O–H groups in total. The van der Waals surface area contributed by atoms with Gasteiger partial charge in [-0.1, -0.05) is 133 Å². The fraction of sp³-hybridized carbons (Fsp3) is 0. The van der Waals surface area contributed by atoms with E-state index < -0.39 is 0 Å². The number of benzene rings is 8. The smallest absolute Gasteiger partial charge is 0.0619 e. The van der Waals surface area contributed by atoms with Crippen LogP contribution in [0.25, 0.3) is 94.0 Å². The van der Waals surface area contributed by atoms with E-state index in [4.69, 9.17) is 0 Å². The SMILES string of the molecule is c1ccc(-c2c(-c3ccccc3)n(-c3ccc4c(c3)c3ccccc3n4-c3ccccc3)c3cc4c5ccccc5n(-c5ccccc5)c4cc23)cc1. The highest BCUT2D eigenvalue weighted by molar-refractivity contribution is 6.18. The molecule has 0 amide bonds. The van der Waals surface area contributed by atoms with Crippen molar-refractivity contribution in [2.24, 2.45) is 0 Å². The van der Waals surface area contributed by atoms with Crippen LogP contribution in [-0.2, 0) is 0 Å². The Morgan fingerprint density at radius 2 is 0.679 bits per heavy atom. The van der Waals surface area contributed by atoms with Gasteiger partial charge in [-0.2, -0.15) is 0 Å². The maximum atomic E-state index is 2.51. The van der Waals surface area contributed by atoms with Crippen molar-refractivity contribution in [1.29, 1.82) is 0 Å². The summed E-state index contributed by atoms with van der Waals surface area (Å²) in [4.78, 5) is 0. The fourth-order valence-corrected chi connectivity index (χ4v) is 8.59. The van der Waals surface area contributed by atoms with Crippen molar-refractivity contribution in [1.82, 2.24) is 13.7 Å². The van der Waals surface area contributed by atoms with E-state index in [1.807, 2.05) is 0 Å². The maximum Gasteiger partial charge on any atom is 0.0619 e. The van der Waals surface area contributed by atoms with Gasteiger partial charge < -0.3 is 13.7 Å². The fourth-order valence-electron chi connectivity index (χ4n) is 8.59. The van der Waals surface area contributed by atoms with Crippen molar-refractivity contribution in [3.8, 4) is 39.4 Å². The second-order valence-electron chi connectivity index (χ2n) is 13.8. The highest BCUT2D eigenvalue weighted by Crippen LogP contribution is 2.46. The highest BCUT2D eigenvalue weighted by atomic mass is 15.0. The standard InChI is InChI=1S/C50H33N3/c1-5-17-34(18-6-1)49-43-33-47-42(40-26-14-16-28-45(40)52(47)37-23-11-4-12-24-37)32-48(43)53(50(49)35-19-7-2-8-20-35)38-29-30-46-41(31-38)39-25-13-15-27-44(39)51(46)36-21-9-3-10-22-36/h1-33H. The van der Waals surface area contributed by atoms with Gasteiger partial charge in [-0.05, 0) is 77.9 Å². The van der Waals surface area contributed by atoms with Gasteiger partial charge in [-0.15, -0.1) is 0 Å². The summed E-state index contributed by atoms with van der Waals surface area (Å²) in [6.45, 7) is 0. The first-order valence-corrected chi connectivity index (χ1v) is 18.2. The van der Waals surface area contributed by atoms with E-state index in [0.717, 1.165) is 17.1 Å². The molecule has 0 aliphatic heterocycles. The molecule has 53 heavy (non-hydrogen) atoms. The number of hydrogen-bond acceptors (Lipinski definition) is 0. The van der Waals surface area contributed by atoms with Gasteiger partial charge in [-0.3, -0.25) is 0 Å². The maximum absolute atomic E-state index is 2.51. The summed E-state index contributed by atoms with van der Waals surface area (Å²) in [7, 11) is 0.